The average molecular weight is 359 g/mol. The normalized spacial score (nSPS) is 20.3. The first kappa shape index (κ1) is 18.3. The lowest BCUT2D eigenvalue weighted by Crippen LogP contribution is -2.31. The number of nitrogens with zero attached hydrogens (tertiary/aromatic N) is 2. The van der Waals surface area contributed by atoms with Gasteiger partial charge in [0, 0.05) is 14.2 Å². The minimum absolute atomic E-state index is 0.00245. The molecular weight excluding hydrogens is 334 g/mol. The minimum atomic E-state index is -0.123. The topological polar surface area (TPSA) is 72.4 Å². The first-order valence-electron chi connectivity index (χ1n) is 8.71. The van der Waals surface area contributed by atoms with Crippen LogP contribution in [0.25, 0.3) is 6.08 Å². The van der Waals surface area contributed by atoms with Gasteiger partial charge in [0.05, 0.1) is 12.6 Å². The highest BCUT2D eigenvalue weighted by Gasteiger charge is 2.29. The molecule has 2 aliphatic heterocycles. The summed E-state index contributed by atoms with van der Waals surface area (Å²) >= 11 is 0. The largest absolute Gasteiger partial charge is 0.454 e. The predicted molar refractivity (Wildman–Crippen MR) is 99.0 cm³/mol. The number of carbonyl (C=O) groups excluding carboxylic acids is 1. The van der Waals surface area contributed by atoms with Gasteiger partial charge in [0.25, 0.3) is 5.91 Å². The average Bonchev–Trinajstić information content (AvgIpc) is 3.15. The van der Waals surface area contributed by atoms with Crippen molar-refractivity contribution in [2.24, 2.45) is 10.9 Å². The van der Waals surface area contributed by atoms with Crippen molar-refractivity contribution in [2.45, 2.75) is 26.3 Å². The number of likely N-dealkylation sites (N-methyl/N-ethyl adjacent to an activating group) is 1. The Morgan fingerprint density at radius 1 is 1.35 bits per heavy atom. The predicted octanol–water partition coefficient (Wildman–Crippen LogP) is 2.23. The van der Waals surface area contributed by atoms with E-state index in [2.05, 4.69) is 24.2 Å². The van der Waals surface area contributed by atoms with E-state index in [0.29, 0.717) is 35.7 Å². The molecule has 1 amide bonds. The highest BCUT2D eigenvalue weighted by Crippen LogP contribution is 2.33. The number of hydrogen-bond acceptors (Lipinski definition) is 5. The van der Waals surface area contributed by atoms with Gasteiger partial charge in [-0.1, -0.05) is 19.9 Å². The lowest BCUT2D eigenvalue weighted by molar-refractivity contribution is -0.121. The van der Waals surface area contributed by atoms with Crippen LogP contribution >= 0.6 is 0 Å². The number of benzene rings is 1. The summed E-state index contributed by atoms with van der Waals surface area (Å²) < 4.78 is 16.0. The number of methoxy groups -OCH3 is 1. The molecule has 140 valence electrons. The second kappa shape index (κ2) is 7.78. The molecule has 0 aliphatic carbocycles. The van der Waals surface area contributed by atoms with Gasteiger partial charge in [-0.2, -0.15) is 0 Å². The Morgan fingerprint density at radius 3 is 2.85 bits per heavy atom. The molecule has 1 saturated heterocycles. The van der Waals surface area contributed by atoms with Gasteiger partial charge in [0.15, 0.2) is 11.5 Å². The molecule has 7 nitrogen and oxygen atoms in total. The van der Waals surface area contributed by atoms with Crippen molar-refractivity contribution in [3.05, 3.63) is 29.5 Å². The van der Waals surface area contributed by atoms with E-state index in [1.165, 1.54) is 4.90 Å². The Bertz CT molecular complexity index is 742. The van der Waals surface area contributed by atoms with E-state index < -0.39 is 0 Å². The number of carbonyl (C=O) groups is 1. The summed E-state index contributed by atoms with van der Waals surface area (Å²) in [6.07, 6.45) is 2.68. The van der Waals surface area contributed by atoms with Gasteiger partial charge in [0.1, 0.15) is 5.70 Å². The summed E-state index contributed by atoms with van der Waals surface area (Å²) in [5, 5.41) is 3.13. The van der Waals surface area contributed by atoms with Crippen LogP contribution in [0.3, 0.4) is 0 Å². The van der Waals surface area contributed by atoms with Crippen molar-refractivity contribution in [1.29, 1.82) is 0 Å². The van der Waals surface area contributed by atoms with Gasteiger partial charge < -0.3 is 19.5 Å². The van der Waals surface area contributed by atoms with Crippen molar-refractivity contribution >= 4 is 17.9 Å². The highest BCUT2D eigenvalue weighted by atomic mass is 16.7. The molecular formula is C19H25N3O4. The van der Waals surface area contributed by atoms with Crippen LogP contribution in [-0.4, -0.2) is 50.4 Å². The molecule has 2 heterocycles. The summed E-state index contributed by atoms with van der Waals surface area (Å²) in [6.45, 7) is 5.03. The highest BCUT2D eigenvalue weighted by molar-refractivity contribution is 6.15. The molecule has 0 radical (unpaired) electrons. The Hall–Kier alpha value is -2.54. The van der Waals surface area contributed by atoms with Gasteiger partial charge in [-0.05, 0) is 36.1 Å². The van der Waals surface area contributed by atoms with Crippen LogP contribution in [0.4, 0.5) is 0 Å². The van der Waals surface area contributed by atoms with E-state index in [-0.39, 0.29) is 18.7 Å². The summed E-state index contributed by atoms with van der Waals surface area (Å²) in [4.78, 5) is 18.8. The molecule has 26 heavy (non-hydrogen) atoms. The zero-order valence-corrected chi connectivity index (χ0v) is 15.6. The van der Waals surface area contributed by atoms with Crippen LogP contribution < -0.4 is 14.8 Å². The lowest BCUT2D eigenvalue weighted by atomic mass is 10.1. The molecule has 7 heteroatoms. The van der Waals surface area contributed by atoms with E-state index >= 15 is 0 Å². The number of ether oxygens (including phenoxy) is 3. The van der Waals surface area contributed by atoms with Crippen molar-refractivity contribution in [2.75, 3.05) is 27.6 Å². The van der Waals surface area contributed by atoms with Crippen molar-refractivity contribution in [3.63, 3.8) is 0 Å². The van der Waals surface area contributed by atoms with Gasteiger partial charge >= 0.3 is 0 Å². The Labute approximate surface area is 153 Å². The van der Waals surface area contributed by atoms with E-state index in [9.17, 15) is 4.79 Å². The van der Waals surface area contributed by atoms with E-state index in [1.807, 2.05) is 18.2 Å². The van der Waals surface area contributed by atoms with Crippen molar-refractivity contribution in [1.82, 2.24) is 10.2 Å². The number of rotatable bonds is 6. The van der Waals surface area contributed by atoms with E-state index in [1.54, 1.807) is 20.2 Å². The number of aliphatic imine (C=N–C) groups is 1. The van der Waals surface area contributed by atoms with Crippen LogP contribution in [-0.2, 0) is 9.53 Å². The summed E-state index contributed by atoms with van der Waals surface area (Å²) in [5.74, 6) is 2.31. The number of hydrogen-bond donors (Lipinski definition) is 1. The summed E-state index contributed by atoms with van der Waals surface area (Å²) in [6, 6.07) is 5.58. The Balaban J connectivity index is 1.80. The van der Waals surface area contributed by atoms with Gasteiger partial charge in [-0.25, -0.2) is 4.99 Å². The molecule has 0 saturated carbocycles. The molecule has 2 aliphatic rings. The molecule has 0 aromatic heterocycles. The maximum atomic E-state index is 12.5. The van der Waals surface area contributed by atoms with Crippen molar-refractivity contribution < 1.29 is 19.0 Å². The number of fused-ring (bicyclic) bond motifs is 1. The smallest absolute Gasteiger partial charge is 0.276 e. The Kier molecular flexibility index (Phi) is 5.46. The quantitative estimate of drug-likeness (QED) is 0.789. The maximum Gasteiger partial charge on any atom is 0.276 e. The van der Waals surface area contributed by atoms with Gasteiger partial charge in [0.2, 0.25) is 12.8 Å². The zero-order chi connectivity index (χ0) is 18.7. The van der Waals surface area contributed by atoms with Gasteiger partial charge in [-0.15, -0.1) is 0 Å². The summed E-state index contributed by atoms with van der Waals surface area (Å²) in [5.41, 5.74) is 1.33. The number of nitrogens with one attached hydrogen (secondary N) is 1. The Morgan fingerprint density at radius 2 is 2.12 bits per heavy atom. The molecule has 1 atom stereocenters. The van der Waals surface area contributed by atoms with Crippen LogP contribution in [0, 0.1) is 5.92 Å². The standard InChI is InChI=1S/C19H25N3O4/c1-12(2)7-14(10-24-4)20-19-21-15(18(23)22(19)3)8-13-5-6-16-17(9-13)26-11-25-16/h5-6,8-9,12,14H,7,10-11H2,1-4H3,(H,20,21)/b15-8-/t14-/m1/s1. The fourth-order valence-corrected chi connectivity index (χ4v) is 2.99. The molecule has 0 bridgehead atoms. The van der Waals surface area contributed by atoms with Crippen LogP contribution in [0.15, 0.2) is 28.9 Å². The molecule has 1 aromatic carbocycles. The molecule has 0 unspecified atom stereocenters. The van der Waals surface area contributed by atoms with Gasteiger partial charge in [-0.3, -0.25) is 9.69 Å². The van der Waals surface area contributed by atoms with Crippen LogP contribution in [0.1, 0.15) is 25.8 Å². The van der Waals surface area contributed by atoms with Crippen molar-refractivity contribution in [3.8, 4) is 11.5 Å². The van der Waals surface area contributed by atoms with Crippen LogP contribution in [0.2, 0.25) is 0 Å². The van der Waals surface area contributed by atoms with E-state index in [4.69, 9.17) is 14.2 Å². The summed E-state index contributed by atoms with van der Waals surface area (Å²) in [7, 11) is 3.38. The maximum absolute atomic E-state index is 12.5. The zero-order valence-electron chi connectivity index (χ0n) is 15.6. The molecule has 0 spiro atoms. The minimum Gasteiger partial charge on any atom is -0.454 e. The first-order valence-corrected chi connectivity index (χ1v) is 8.71. The fraction of sp³-hybridized carbons (Fsp3) is 0.474. The first-order chi connectivity index (χ1) is 12.5. The molecule has 3 rings (SSSR count). The number of amides is 1. The SMILES string of the molecule is COC[C@@H](CC(C)C)N=C1N/C(=C\c2ccc3c(c2)OCO3)C(=O)N1C. The molecule has 1 aromatic rings. The second-order valence-electron chi connectivity index (χ2n) is 6.85. The lowest BCUT2D eigenvalue weighted by Gasteiger charge is -2.16. The second-order valence-corrected chi connectivity index (χ2v) is 6.85. The van der Waals surface area contributed by atoms with E-state index in [0.717, 1.165) is 12.0 Å². The van der Waals surface area contributed by atoms with Crippen LogP contribution in [0.5, 0.6) is 11.5 Å². The monoisotopic (exact) mass is 359 g/mol. The molecule has 1 fully saturated rings. The third-order valence-corrected chi connectivity index (χ3v) is 4.21. The number of guanidine groups is 1. The third kappa shape index (κ3) is 3.99. The third-order valence-electron chi connectivity index (χ3n) is 4.21. The molecule has 1 N–H and O–H groups in total. The fourth-order valence-electron chi connectivity index (χ4n) is 2.99.